The van der Waals surface area contributed by atoms with E-state index in [9.17, 15) is 9.59 Å². The van der Waals surface area contributed by atoms with Crippen molar-refractivity contribution >= 4 is 28.5 Å². The number of halogens is 1. The number of carbonyl (C=O) groups excluding carboxylic acids is 1. The molecule has 24 heavy (non-hydrogen) atoms. The van der Waals surface area contributed by atoms with Gasteiger partial charge in [0.05, 0.1) is 0 Å². The smallest absolute Gasteiger partial charge is 0.336 e. The third kappa shape index (κ3) is 3.34. The van der Waals surface area contributed by atoms with E-state index < -0.39 is 5.63 Å². The fourth-order valence-corrected chi connectivity index (χ4v) is 3.01. The van der Waals surface area contributed by atoms with Gasteiger partial charge < -0.3 is 9.73 Å². The summed E-state index contributed by atoms with van der Waals surface area (Å²) < 4.78 is 5.29. The lowest BCUT2D eigenvalue weighted by molar-refractivity contribution is 0.0951. The molecule has 2 aromatic carbocycles. The van der Waals surface area contributed by atoms with E-state index in [0.717, 1.165) is 22.1 Å². The Kier molecular flexibility index (Phi) is 4.40. The Balaban J connectivity index is 1.93. The number of aryl methyl sites for hydroxylation is 2. The van der Waals surface area contributed by atoms with Gasteiger partial charge >= 0.3 is 5.63 Å². The van der Waals surface area contributed by atoms with Crippen LogP contribution in [0.25, 0.3) is 11.0 Å². The van der Waals surface area contributed by atoms with Gasteiger partial charge in [-0.05, 0) is 54.8 Å². The van der Waals surface area contributed by atoms with Gasteiger partial charge in [0.25, 0.3) is 5.91 Å². The molecule has 0 aliphatic rings. The Labute approximate surface area is 144 Å². The maximum Gasteiger partial charge on any atom is 0.336 e. The number of benzene rings is 2. The van der Waals surface area contributed by atoms with Gasteiger partial charge in [-0.25, -0.2) is 4.79 Å². The number of hydrogen-bond donors (Lipinski definition) is 1. The van der Waals surface area contributed by atoms with E-state index in [1.807, 2.05) is 26.0 Å². The van der Waals surface area contributed by atoms with Gasteiger partial charge in [0.15, 0.2) is 0 Å². The van der Waals surface area contributed by atoms with E-state index >= 15 is 0 Å². The van der Waals surface area contributed by atoms with Crippen molar-refractivity contribution in [3.63, 3.8) is 0 Å². The highest BCUT2D eigenvalue weighted by Gasteiger charge is 2.11. The first kappa shape index (κ1) is 16.3. The van der Waals surface area contributed by atoms with Crippen molar-refractivity contribution in [3.8, 4) is 0 Å². The molecular weight excluding hydrogens is 326 g/mol. The fraction of sp³-hybridized carbons (Fsp3) is 0.158. The van der Waals surface area contributed by atoms with E-state index in [4.69, 9.17) is 16.0 Å². The number of rotatable bonds is 3. The summed E-state index contributed by atoms with van der Waals surface area (Å²) in [6, 6.07) is 12.0. The molecule has 3 rings (SSSR count). The summed E-state index contributed by atoms with van der Waals surface area (Å²) in [6.07, 6.45) is 0. The zero-order valence-electron chi connectivity index (χ0n) is 13.4. The molecule has 1 N–H and O–H groups in total. The fourth-order valence-electron chi connectivity index (χ4n) is 2.82. The van der Waals surface area contributed by atoms with Crippen molar-refractivity contribution in [3.05, 3.63) is 80.2 Å². The van der Waals surface area contributed by atoms with Gasteiger partial charge in [0.2, 0.25) is 0 Å². The lowest BCUT2D eigenvalue weighted by Crippen LogP contribution is -2.23. The summed E-state index contributed by atoms with van der Waals surface area (Å²) >= 11 is 5.91. The average molecular weight is 342 g/mol. The third-order valence-corrected chi connectivity index (χ3v) is 4.03. The van der Waals surface area contributed by atoms with Crippen LogP contribution in [0.4, 0.5) is 0 Å². The minimum absolute atomic E-state index is 0.233. The number of fused-ring (bicyclic) bond motifs is 1. The topological polar surface area (TPSA) is 59.3 Å². The molecule has 0 spiro atoms. The Morgan fingerprint density at radius 2 is 1.96 bits per heavy atom. The first-order valence-corrected chi connectivity index (χ1v) is 7.89. The Bertz CT molecular complexity index is 992. The van der Waals surface area contributed by atoms with Gasteiger partial charge in [0, 0.05) is 28.6 Å². The highest BCUT2D eigenvalue weighted by Crippen LogP contribution is 2.23. The van der Waals surface area contributed by atoms with Crippen molar-refractivity contribution in [1.29, 1.82) is 0 Å². The summed E-state index contributed by atoms with van der Waals surface area (Å²) in [4.78, 5) is 24.0. The first-order chi connectivity index (χ1) is 11.4. The first-order valence-electron chi connectivity index (χ1n) is 7.52. The van der Waals surface area contributed by atoms with Crippen LogP contribution in [0, 0.1) is 13.8 Å². The molecule has 1 heterocycles. The van der Waals surface area contributed by atoms with Crippen LogP contribution in [-0.2, 0) is 6.54 Å². The van der Waals surface area contributed by atoms with Gasteiger partial charge in [-0.1, -0.05) is 23.7 Å². The summed E-state index contributed by atoms with van der Waals surface area (Å²) in [7, 11) is 0. The lowest BCUT2D eigenvalue weighted by Gasteiger charge is -2.10. The molecule has 0 radical (unpaired) electrons. The van der Waals surface area contributed by atoms with E-state index in [2.05, 4.69) is 5.32 Å². The molecule has 0 unspecified atom stereocenters. The predicted octanol–water partition coefficient (Wildman–Crippen LogP) is 3.99. The average Bonchev–Trinajstić information content (AvgIpc) is 2.51. The van der Waals surface area contributed by atoms with Crippen LogP contribution in [0.15, 0.2) is 51.7 Å². The standard InChI is InChI=1S/C19H16ClNO3/c1-11-6-12(2)18-14(9-17(22)24-16(18)7-11)10-21-19(23)13-4-3-5-15(20)8-13/h3-9H,10H2,1-2H3,(H,21,23). The van der Waals surface area contributed by atoms with Gasteiger partial charge in [0.1, 0.15) is 5.58 Å². The summed E-state index contributed by atoms with van der Waals surface area (Å²) in [5.41, 5.74) is 3.33. The monoisotopic (exact) mass is 341 g/mol. The highest BCUT2D eigenvalue weighted by molar-refractivity contribution is 6.30. The molecule has 0 aliphatic carbocycles. The SMILES string of the molecule is Cc1cc(C)c2c(CNC(=O)c3cccc(Cl)c3)cc(=O)oc2c1. The van der Waals surface area contributed by atoms with Crippen LogP contribution in [0.5, 0.6) is 0 Å². The predicted molar refractivity (Wildman–Crippen MR) is 94.6 cm³/mol. The summed E-state index contributed by atoms with van der Waals surface area (Å²) in [6.45, 7) is 4.13. The van der Waals surface area contributed by atoms with Crippen molar-refractivity contribution in [1.82, 2.24) is 5.32 Å². The van der Waals surface area contributed by atoms with Crippen molar-refractivity contribution in [2.45, 2.75) is 20.4 Å². The number of carbonyl (C=O) groups is 1. The van der Waals surface area contributed by atoms with Crippen LogP contribution in [0.1, 0.15) is 27.0 Å². The Morgan fingerprint density at radius 3 is 2.71 bits per heavy atom. The van der Waals surface area contributed by atoms with Gasteiger partial charge in [-0.15, -0.1) is 0 Å². The van der Waals surface area contributed by atoms with Gasteiger partial charge in [-0.3, -0.25) is 4.79 Å². The second-order valence-electron chi connectivity index (χ2n) is 5.74. The molecule has 0 fully saturated rings. The lowest BCUT2D eigenvalue weighted by atomic mass is 10.0. The molecule has 1 aromatic heterocycles. The molecule has 5 heteroatoms. The quantitative estimate of drug-likeness (QED) is 0.733. The minimum Gasteiger partial charge on any atom is -0.423 e. The maximum atomic E-state index is 12.3. The molecule has 0 saturated heterocycles. The molecule has 3 aromatic rings. The minimum atomic E-state index is -0.431. The molecule has 122 valence electrons. The molecular formula is C19H16ClNO3. The Hall–Kier alpha value is -2.59. The van der Waals surface area contributed by atoms with E-state index in [1.165, 1.54) is 6.07 Å². The zero-order valence-corrected chi connectivity index (χ0v) is 14.1. The summed E-state index contributed by atoms with van der Waals surface area (Å²) in [5.74, 6) is -0.247. The second kappa shape index (κ2) is 6.49. The van der Waals surface area contributed by atoms with Crippen LogP contribution in [0.3, 0.4) is 0 Å². The zero-order chi connectivity index (χ0) is 17.3. The Morgan fingerprint density at radius 1 is 1.17 bits per heavy atom. The van der Waals surface area contributed by atoms with Crippen LogP contribution < -0.4 is 10.9 Å². The van der Waals surface area contributed by atoms with E-state index in [1.54, 1.807) is 24.3 Å². The number of amides is 1. The van der Waals surface area contributed by atoms with Crippen LogP contribution in [-0.4, -0.2) is 5.91 Å². The van der Waals surface area contributed by atoms with Crippen molar-refractivity contribution < 1.29 is 9.21 Å². The third-order valence-electron chi connectivity index (χ3n) is 3.79. The molecule has 1 amide bonds. The van der Waals surface area contributed by atoms with Crippen molar-refractivity contribution in [2.24, 2.45) is 0 Å². The normalized spacial score (nSPS) is 10.8. The molecule has 4 nitrogen and oxygen atoms in total. The van der Waals surface area contributed by atoms with E-state index in [0.29, 0.717) is 16.2 Å². The molecule has 0 aliphatic heterocycles. The number of hydrogen-bond acceptors (Lipinski definition) is 3. The van der Waals surface area contributed by atoms with Crippen LogP contribution >= 0.6 is 11.6 Å². The largest absolute Gasteiger partial charge is 0.423 e. The molecule has 0 atom stereocenters. The van der Waals surface area contributed by atoms with Gasteiger partial charge in [-0.2, -0.15) is 0 Å². The summed E-state index contributed by atoms with van der Waals surface area (Å²) in [5, 5.41) is 4.18. The van der Waals surface area contributed by atoms with E-state index in [-0.39, 0.29) is 12.5 Å². The maximum absolute atomic E-state index is 12.3. The molecule has 0 saturated carbocycles. The van der Waals surface area contributed by atoms with Crippen LogP contribution in [0.2, 0.25) is 5.02 Å². The molecule has 0 bridgehead atoms. The second-order valence-corrected chi connectivity index (χ2v) is 6.18. The number of nitrogens with one attached hydrogen (secondary N) is 1. The van der Waals surface area contributed by atoms with Crippen molar-refractivity contribution in [2.75, 3.05) is 0 Å². The highest BCUT2D eigenvalue weighted by atomic mass is 35.5.